The molecule has 172 valence electrons. The number of anilines is 4. The molecule has 9 heteroatoms. The van der Waals surface area contributed by atoms with Crippen LogP contribution in [0.15, 0.2) is 79.4 Å². The van der Waals surface area contributed by atoms with Gasteiger partial charge in [0.1, 0.15) is 0 Å². The van der Waals surface area contributed by atoms with Gasteiger partial charge >= 0.3 is 0 Å². The van der Waals surface area contributed by atoms with Crippen molar-refractivity contribution >= 4 is 28.9 Å². The molecular weight excluding hydrogens is 434 g/mol. The van der Waals surface area contributed by atoms with E-state index < -0.39 is 0 Å². The lowest BCUT2D eigenvalue weighted by molar-refractivity contribution is 0.102. The first-order valence-electron chi connectivity index (χ1n) is 10.3. The van der Waals surface area contributed by atoms with Gasteiger partial charge < -0.3 is 19.5 Å². The molecular formula is C25H23N5O4. The Labute approximate surface area is 197 Å². The highest BCUT2D eigenvalue weighted by molar-refractivity contribution is 6.05. The lowest BCUT2D eigenvalue weighted by Crippen LogP contribution is -2.15. The van der Waals surface area contributed by atoms with Crippen LogP contribution in [0.2, 0.25) is 0 Å². The Hall–Kier alpha value is -4.66. The molecule has 0 atom stereocenters. The van der Waals surface area contributed by atoms with E-state index in [0.717, 1.165) is 11.4 Å². The Bertz CT molecular complexity index is 1200. The Morgan fingerprint density at radius 2 is 1.47 bits per heavy atom. The maximum atomic E-state index is 13.1. The third-order valence-corrected chi connectivity index (χ3v) is 4.96. The number of nitrogens with one attached hydrogen (secondary N) is 1. The van der Waals surface area contributed by atoms with Gasteiger partial charge in [0.05, 0.1) is 32.7 Å². The van der Waals surface area contributed by atoms with Crippen LogP contribution in [0.4, 0.5) is 23.0 Å². The fourth-order valence-electron chi connectivity index (χ4n) is 3.42. The highest BCUT2D eigenvalue weighted by Crippen LogP contribution is 2.38. The van der Waals surface area contributed by atoms with Gasteiger partial charge in [0.25, 0.3) is 5.91 Å². The van der Waals surface area contributed by atoms with E-state index in [4.69, 9.17) is 14.2 Å². The summed E-state index contributed by atoms with van der Waals surface area (Å²) in [5.41, 5.74) is 2.54. The molecule has 4 rings (SSSR count). The van der Waals surface area contributed by atoms with Crippen molar-refractivity contribution in [2.45, 2.75) is 0 Å². The molecule has 2 aromatic carbocycles. The summed E-state index contributed by atoms with van der Waals surface area (Å²) >= 11 is 0. The topological polar surface area (TPSA) is 98.7 Å². The van der Waals surface area contributed by atoms with Crippen molar-refractivity contribution in [3.63, 3.8) is 0 Å². The number of hydrogen-bond acceptors (Lipinski definition) is 8. The molecule has 34 heavy (non-hydrogen) atoms. The summed E-state index contributed by atoms with van der Waals surface area (Å²) in [4.78, 5) is 27.8. The second kappa shape index (κ2) is 10.3. The van der Waals surface area contributed by atoms with Crippen molar-refractivity contribution in [1.29, 1.82) is 0 Å². The lowest BCUT2D eigenvalue weighted by atomic mass is 10.1. The molecule has 0 unspecified atom stereocenters. The molecule has 0 aliphatic heterocycles. The molecule has 9 nitrogen and oxygen atoms in total. The van der Waals surface area contributed by atoms with Gasteiger partial charge in [0.15, 0.2) is 11.5 Å². The minimum atomic E-state index is -0.331. The van der Waals surface area contributed by atoms with Crippen molar-refractivity contribution in [1.82, 2.24) is 15.0 Å². The number of methoxy groups -OCH3 is 3. The largest absolute Gasteiger partial charge is 0.493 e. The van der Waals surface area contributed by atoms with Crippen LogP contribution in [-0.4, -0.2) is 42.2 Å². The number of benzene rings is 2. The lowest BCUT2D eigenvalue weighted by Gasteiger charge is -2.23. The van der Waals surface area contributed by atoms with Gasteiger partial charge in [-0.15, -0.1) is 0 Å². The van der Waals surface area contributed by atoms with Gasteiger partial charge in [-0.25, -0.2) is 9.97 Å². The first-order valence-corrected chi connectivity index (χ1v) is 10.3. The van der Waals surface area contributed by atoms with E-state index in [0.29, 0.717) is 34.4 Å². The molecule has 0 aliphatic carbocycles. The van der Waals surface area contributed by atoms with Crippen LogP contribution in [0.3, 0.4) is 0 Å². The van der Waals surface area contributed by atoms with E-state index in [2.05, 4.69) is 20.3 Å². The van der Waals surface area contributed by atoms with E-state index in [1.807, 2.05) is 35.2 Å². The number of amides is 1. The van der Waals surface area contributed by atoms with Crippen molar-refractivity contribution in [3.8, 4) is 17.2 Å². The number of nitrogens with zero attached hydrogens (tertiary/aromatic N) is 4. The first kappa shape index (κ1) is 22.5. The minimum absolute atomic E-state index is 0.331. The molecule has 1 N–H and O–H groups in total. The van der Waals surface area contributed by atoms with Gasteiger partial charge in [-0.1, -0.05) is 6.07 Å². The van der Waals surface area contributed by atoms with Crippen LogP contribution in [0.5, 0.6) is 17.2 Å². The SMILES string of the molecule is COc1cc(C(=O)Nc2cccc(N(c3ccncc3)c3ncccn3)c2)cc(OC)c1OC. The average molecular weight is 457 g/mol. The van der Waals surface area contributed by atoms with Gasteiger partial charge in [-0.05, 0) is 48.5 Å². The van der Waals surface area contributed by atoms with E-state index in [9.17, 15) is 4.79 Å². The zero-order valence-corrected chi connectivity index (χ0v) is 18.9. The Balaban J connectivity index is 1.67. The van der Waals surface area contributed by atoms with E-state index in [1.165, 1.54) is 21.3 Å². The molecule has 2 heterocycles. The van der Waals surface area contributed by atoms with Crippen molar-refractivity contribution in [2.24, 2.45) is 0 Å². The summed E-state index contributed by atoms with van der Waals surface area (Å²) in [5, 5.41) is 2.93. The van der Waals surface area contributed by atoms with E-state index >= 15 is 0 Å². The van der Waals surface area contributed by atoms with Gasteiger partial charge in [-0.3, -0.25) is 14.7 Å². The quantitative estimate of drug-likeness (QED) is 0.409. The number of carbonyl (C=O) groups excluding carboxylic acids is 1. The predicted molar refractivity (Wildman–Crippen MR) is 129 cm³/mol. The second-order valence-corrected chi connectivity index (χ2v) is 7.01. The van der Waals surface area contributed by atoms with Gasteiger partial charge in [0.2, 0.25) is 11.7 Å². The molecule has 1 amide bonds. The second-order valence-electron chi connectivity index (χ2n) is 7.01. The zero-order valence-electron chi connectivity index (χ0n) is 18.9. The molecule has 0 radical (unpaired) electrons. The summed E-state index contributed by atoms with van der Waals surface area (Å²) in [6.07, 6.45) is 6.74. The number of pyridine rings is 1. The minimum Gasteiger partial charge on any atom is -0.493 e. The fraction of sp³-hybridized carbons (Fsp3) is 0.120. The van der Waals surface area contributed by atoms with E-state index in [1.54, 1.807) is 49.1 Å². The molecule has 0 saturated heterocycles. The van der Waals surface area contributed by atoms with Crippen LogP contribution in [0.1, 0.15) is 10.4 Å². The van der Waals surface area contributed by atoms with Crippen LogP contribution in [0, 0.1) is 0 Å². The summed E-state index contributed by atoms with van der Waals surface area (Å²) < 4.78 is 16.0. The van der Waals surface area contributed by atoms with Crippen LogP contribution < -0.4 is 24.4 Å². The monoisotopic (exact) mass is 457 g/mol. The van der Waals surface area contributed by atoms with Gasteiger partial charge in [0, 0.05) is 36.0 Å². The van der Waals surface area contributed by atoms with Crippen molar-refractivity contribution in [3.05, 3.63) is 84.9 Å². The van der Waals surface area contributed by atoms with E-state index in [-0.39, 0.29) is 5.91 Å². The molecule has 0 aliphatic rings. The molecule has 2 aromatic heterocycles. The Morgan fingerprint density at radius 3 is 2.09 bits per heavy atom. The highest BCUT2D eigenvalue weighted by Gasteiger charge is 2.18. The summed E-state index contributed by atoms with van der Waals surface area (Å²) in [5.74, 6) is 1.36. The molecule has 0 bridgehead atoms. The standard InChI is InChI=1S/C25H23N5O4/c1-32-21-14-17(15-22(33-2)23(21)34-3)24(31)29-18-6-4-7-20(16-18)30(19-8-12-26-13-9-19)25-27-10-5-11-28-25/h4-16H,1-3H3,(H,29,31). The van der Waals surface area contributed by atoms with Crippen LogP contribution in [-0.2, 0) is 0 Å². The zero-order chi connectivity index (χ0) is 23.9. The van der Waals surface area contributed by atoms with Crippen LogP contribution >= 0.6 is 0 Å². The fourth-order valence-corrected chi connectivity index (χ4v) is 3.42. The summed E-state index contributed by atoms with van der Waals surface area (Å²) in [6, 6.07) is 16.1. The maximum absolute atomic E-state index is 13.1. The first-order chi connectivity index (χ1) is 16.6. The van der Waals surface area contributed by atoms with Crippen molar-refractivity contribution in [2.75, 3.05) is 31.5 Å². The molecule has 0 spiro atoms. The number of aromatic nitrogens is 3. The Kier molecular flexibility index (Phi) is 6.83. The molecule has 0 fully saturated rings. The summed E-state index contributed by atoms with van der Waals surface area (Å²) in [6.45, 7) is 0. The Morgan fingerprint density at radius 1 is 0.794 bits per heavy atom. The third-order valence-electron chi connectivity index (χ3n) is 4.96. The average Bonchev–Trinajstić information content (AvgIpc) is 2.89. The third kappa shape index (κ3) is 4.73. The van der Waals surface area contributed by atoms with Crippen molar-refractivity contribution < 1.29 is 19.0 Å². The molecule has 0 saturated carbocycles. The normalized spacial score (nSPS) is 10.3. The predicted octanol–water partition coefficient (Wildman–Crippen LogP) is 4.62. The van der Waals surface area contributed by atoms with Gasteiger partial charge in [-0.2, -0.15) is 0 Å². The molecule has 4 aromatic rings. The number of rotatable bonds is 8. The number of ether oxygens (including phenoxy) is 3. The maximum Gasteiger partial charge on any atom is 0.255 e. The summed E-state index contributed by atoms with van der Waals surface area (Å²) in [7, 11) is 4.51. The number of carbonyl (C=O) groups is 1. The van der Waals surface area contributed by atoms with Crippen LogP contribution in [0.25, 0.3) is 0 Å². The smallest absolute Gasteiger partial charge is 0.255 e. The number of hydrogen-bond donors (Lipinski definition) is 1. The highest BCUT2D eigenvalue weighted by atomic mass is 16.5.